The van der Waals surface area contributed by atoms with Crippen molar-refractivity contribution >= 4 is 30.1 Å². The molecular formula is C22H24ClF2N3O4. The molecule has 10 heteroatoms. The molecule has 7 nitrogen and oxygen atoms in total. The molecule has 2 aromatic carbocycles. The van der Waals surface area contributed by atoms with E-state index in [1.807, 2.05) is 0 Å². The lowest BCUT2D eigenvalue weighted by Gasteiger charge is -2.28. The summed E-state index contributed by atoms with van der Waals surface area (Å²) in [5, 5.41) is 8.61. The maximum atomic E-state index is 13.4. The third kappa shape index (κ3) is 5.46. The minimum Gasteiger partial charge on any atom is -0.492 e. The number of fused-ring (bicyclic) bond motifs is 1. The number of carbonyl (C=O) groups excluding carboxylic acids is 2. The van der Waals surface area contributed by atoms with E-state index in [1.165, 1.54) is 6.07 Å². The number of halogens is 3. The summed E-state index contributed by atoms with van der Waals surface area (Å²) in [6, 6.07) is 7.77. The van der Waals surface area contributed by atoms with E-state index in [1.54, 1.807) is 18.2 Å². The van der Waals surface area contributed by atoms with Gasteiger partial charge in [-0.2, -0.15) is 0 Å². The van der Waals surface area contributed by atoms with Gasteiger partial charge in [0.05, 0.1) is 24.8 Å². The second-order valence-corrected chi connectivity index (χ2v) is 7.60. The number of rotatable bonds is 5. The van der Waals surface area contributed by atoms with Crippen molar-refractivity contribution in [2.75, 3.05) is 31.6 Å². The summed E-state index contributed by atoms with van der Waals surface area (Å²) in [6.07, 6.45) is 0.992. The van der Waals surface area contributed by atoms with Gasteiger partial charge in [0.2, 0.25) is 0 Å². The predicted octanol–water partition coefficient (Wildman–Crippen LogP) is 3.80. The number of amides is 2. The second kappa shape index (κ2) is 10.6. The molecule has 0 radical (unpaired) electrons. The molecule has 2 heterocycles. The minimum atomic E-state index is -1.06. The van der Waals surface area contributed by atoms with Gasteiger partial charge in [-0.25, -0.2) is 13.6 Å². The molecule has 0 bridgehead atoms. The fourth-order valence-electron chi connectivity index (χ4n) is 3.76. The summed E-state index contributed by atoms with van der Waals surface area (Å²) in [6.45, 7) is 2.42. The molecule has 3 N–H and O–H groups in total. The van der Waals surface area contributed by atoms with E-state index in [9.17, 15) is 18.4 Å². The summed E-state index contributed by atoms with van der Waals surface area (Å²) in [4.78, 5) is 25.0. The third-order valence-corrected chi connectivity index (χ3v) is 5.40. The van der Waals surface area contributed by atoms with Gasteiger partial charge in [0.1, 0.15) is 5.75 Å². The largest absolute Gasteiger partial charge is 0.492 e. The van der Waals surface area contributed by atoms with Gasteiger partial charge < -0.3 is 25.4 Å². The molecule has 32 heavy (non-hydrogen) atoms. The number of anilines is 1. The molecule has 2 amide bonds. The summed E-state index contributed by atoms with van der Waals surface area (Å²) in [5.41, 5.74) is 1.01. The normalized spacial score (nSPS) is 19.2. The Morgan fingerprint density at radius 1 is 1.16 bits per heavy atom. The number of carbonyl (C=O) groups is 2. The van der Waals surface area contributed by atoms with Crippen LogP contribution in [0.15, 0.2) is 36.4 Å². The summed E-state index contributed by atoms with van der Waals surface area (Å²) in [5.74, 6) is -1.91. The topological polar surface area (TPSA) is 88.7 Å². The number of hydrogen-bond donors (Lipinski definition) is 3. The number of benzene rings is 2. The quantitative estimate of drug-likeness (QED) is 0.622. The van der Waals surface area contributed by atoms with Crippen molar-refractivity contribution in [3.05, 3.63) is 59.2 Å². The average molecular weight is 468 g/mol. The second-order valence-electron chi connectivity index (χ2n) is 7.60. The Kier molecular flexibility index (Phi) is 7.87. The first-order chi connectivity index (χ1) is 15.0. The van der Waals surface area contributed by atoms with Crippen LogP contribution in [0.25, 0.3) is 0 Å². The van der Waals surface area contributed by atoms with E-state index < -0.39 is 23.6 Å². The van der Waals surface area contributed by atoms with E-state index in [4.69, 9.17) is 9.47 Å². The van der Waals surface area contributed by atoms with Gasteiger partial charge in [0.25, 0.3) is 5.91 Å². The fourth-order valence-corrected chi connectivity index (χ4v) is 3.76. The maximum absolute atomic E-state index is 13.4. The molecule has 0 aliphatic carbocycles. The highest BCUT2D eigenvalue weighted by molar-refractivity contribution is 6.06. The van der Waals surface area contributed by atoms with Crippen LogP contribution in [0.1, 0.15) is 34.8 Å². The number of ether oxygens (including phenoxy) is 2. The van der Waals surface area contributed by atoms with Gasteiger partial charge in [-0.15, -0.1) is 12.4 Å². The van der Waals surface area contributed by atoms with Crippen molar-refractivity contribution in [3.8, 4) is 5.75 Å². The van der Waals surface area contributed by atoms with Crippen LogP contribution < -0.4 is 20.7 Å². The van der Waals surface area contributed by atoms with Crippen molar-refractivity contribution < 1.29 is 27.8 Å². The van der Waals surface area contributed by atoms with Crippen LogP contribution in [-0.2, 0) is 4.74 Å². The standard InChI is InChI=1S/C22H23F2N3O4.ClH/c23-17-5-4-14(10-18(17)24)26-21(28)16-3-1-2-15-19(7-9-30-20(15)16)27-22(29)31-12-13-6-8-25-11-13;/h1-5,10,13,19,25H,6-9,11-12H2,(H,26,28)(H,27,29);1H/t13?,19-;/m0./s1. The minimum absolute atomic E-state index is 0. The number of para-hydroxylation sites is 1. The third-order valence-electron chi connectivity index (χ3n) is 5.40. The Hall–Kier alpha value is -2.91. The van der Waals surface area contributed by atoms with Crippen molar-refractivity contribution in [2.45, 2.75) is 18.9 Å². The van der Waals surface area contributed by atoms with Gasteiger partial charge >= 0.3 is 6.09 Å². The fraction of sp³-hybridized carbons (Fsp3) is 0.364. The number of alkyl carbamates (subject to hydrolysis) is 1. The Bertz CT molecular complexity index is 986. The van der Waals surface area contributed by atoms with Crippen LogP contribution in [0.2, 0.25) is 0 Å². The molecular weight excluding hydrogens is 444 g/mol. The molecule has 4 rings (SSSR count). The van der Waals surface area contributed by atoms with Crippen molar-refractivity contribution in [2.24, 2.45) is 5.92 Å². The molecule has 2 aliphatic rings. The lowest BCUT2D eigenvalue weighted by Crippen LogP contribution is -2.34. The Balaban J connectivity index is 0.00000289. The van der Waals surface area contributed by atoms with E-state index in [-0.39, 0.29) is 29.7 Å². The van der Waals surface area contributed by atoms with Crippen LogP contribution >= 0.6 is 12.4 Å². The van der Waals surface area contributed by atoms with Gasteiger partial charge in [0.15, 0.2) is 11.6 Å². The zero-order chi connectivity index (χ0) is 21.8. The number of hydrogen-bond acceptors (Lipinski definition) is 5. The van der Waals surface area contributed by atoms with Gasteiger partial charge in [-0.1, -0.05) is 12.1 Å². The van der Waals surface area contributed by atoms with Crippen LogP contribution in [0.5, 0.6) is 5.75 Å². The van der Waals surface area contributed by atoms with Gasteiger partial charge in [-0.05, 0) is 31.2 Å². The zero-order valence-electron chi connectivity index (χ0n) is 17.2. The average Bonchev–Trinajstić information content (AvgIpc) is 3.28. The SMILES string of the molecule is Cl.O=C(N[C@H]1CCOc2c(C(=O)Nc3ccc(F)c(F)c3)cccc21)OCC1CCNC1. The summed E-state index contributed by atoms with van der Waals surface area (Å²) < 4.78 is 37.6. The lowest BCUT2D eigenvalue weighted by molar-refractivity contribution is 0.102. The number of nitrogens with one attached hydrogen (secondary N) is 3. The summed E-state index contributed by atoms with van der Waals surface area (Å²) >= 11 is 0. The van der Waals surface area contributed by atoms with E-state index in [2.05, 4.69) is 16.0 Å². The van der Waals surface area contributed by atoms with E-state index in [0.717, 1.165) is 31.6 Å². The van der Waals surface area contributed by atoms with Gasteiger partial charge in [-0.3, -0.25) is 4.79 Å². The molecule has 1 unspecified atom stereocenters. The Morgan fingerprint density at radius 2 is 2.00 bits per heavy atom. The zero-order valence-corrected chi connectivity index (χ0v) is 18.0. The maximum Gasteiger partial charge on any atom is 0.407 e. The molecule has 1 saturated heterocycles. The molecule has 2 aliphatic heterocycles. The van der Waals surface area contributed by atoms with Gasteiger partial charge in [0, 0.05) is 36.2 Å². The first-order valence-electron chi connectivity index (χ1n) is 10.2. The molecule has 0 aromatic heterocycles. The Labute approximate surface area is 190 Å². The monoisotopic (exact) mass is 467 g/mol. The van der Waals surface area contributed by atoms with Crippen molar-refractivity contribution in [3.63, 3.8) is 0 Å². The van der Waals surface area contributed by atoms with Crippen LogP contribution in [0.4, 0.5) is 19.3 Å². The van der Waals surface area contributed by atoms with Crippen LogP contribution in [0.3, 0.4) is 0 Å². The van der Waals surface area contributed by atoms with E-state index in [0.29, 0.717) is 36.9 Å². The molecule has 2 atom stereocenters. The molecule has 0 spiro atoms. The Morgan fingerprint density at radius 3 is 2.75 bits per heavy atom. The first-order valence-corrected chi connectivity index (χ1v) is 10.2. The van der Waals surface area contributed by atoms with Crippen LogP contribution in [-0.4, -0.2) is 38.3 Å². The highest BCUT2D eigenvalue weighted by Crippen LogP contribution is 2.35. The predicted molar refractivity (Wildman–Crippen MR) is 116 cm³/mol. The molecule has 0 saturated carbocycles. The van der Waals surface area contributed by atoms with Crippen molar-refractivity contribution in [1.82, 2.24) is 10.6 Å². The molecule has 172 valence electrons. The first kappa shape index (κ1) is 23.7. The summed E-state index contributed by atoms with van der Waals surface area (Å²) in [7, 11) is 0. The molecule has 2 aromatic rings. The lowest BCUT2D eigenvalue weighted by atomic mass is 9.97. The highest BCUT2D eigenvalue weighted by atomic mass is 35.5. The smallest absolute Gasteiger partial charge is 0.407 e. The highest BCUT2D eigenvalue weighted by Gasteiger charge is 2.28. The van der Waals surface area contributed by atoms with Crippen molar-refractivity contribution in [1.29, 1.82) is 0 Å². The molecule has 1 fully saturated rings. The van der Waals surface area contributed by atoms with Crippen LogP contribution in [0, 0.1) is 17.6 Å². The van der Waals surface area contributed by atoms with E-state index >= 15 is 0 Å².